The van der Waals surface area contributed by atoms with Crippen molar-refractivity contribution >= 4 is 35.0 Å². The summed E-state index contributed by atoms with van der Waals surface area (Å²) in [5.41, 5.74) is 0.327. The molecule has 0 aliphatic heterocycles. The highest BCUT2D eigenvalue weighted by atomic mass is 35.5. The van der Waals surface area contributed by atoms with E-state index in [0.717, 1.165) is 12.1 Å². The van der Waals surface area contributed by atoms with Gasteiger partial charge >= 0.3 is 12.0 Å². The summed E-state index contributed by atoms with van der Waals surface area (Å²) in [5.74, 6) is -1.96. The minimum atomic E-state index is -1.35. The van der Waals surface area contributed by atoms with Crippen LogP contribution < -0.4 is 15.7 Å². The predicted molar refractivity (Wildman–Crippen MR) is 76.9 cm³/mol. The zero-order valence-electron chi connectivity index (χ0n) is 10.6. The molecule has 3 N–H and O–H groups in total. The minimum Gasteiger partial charge on any atom is -0.872 e. The number of carboxylic acids is 1. The van der Waals surface area contributed by atoms with E-state index in [1.807, 2.05) is 0 Å². The van der Waals surface area contributed by atoms with Gasteiger partial charge in [-0.25, -0.2) is 9.59 Å². The number of rotatable bonds is 3. The summed E-state index contributed by atoms with van der Waals surface area (Å²) in [6.45, 7) is 0. The van der Waals surface area contributed by atoms with Crippen LogP contribution >= 0.6 is 11.6 Å². The first-order valence-corrected chi connectivity index (χ1v) is 6.21. The third-order valence-corrected chi connectivity index (χ3v) is 2.82. The Morgan fingerprint density at radius 3 is 2.19 bits per heavy atom. The predicted octanol–water partition coefficient (Wildman–Crippen LogP) is 2.76. The SMILES string of the molecule is O=C(Nc1ccc(Cl)cc1)Nc1ccc([O-])c(C(=O)O)c1. The number of anilines is 2. The molecule has 0 unspecified atom stereocenters. The van der Waals surface area contributed by atoms with Crippen molar-refractivity contribution < 1.29 is 19.8 Å². The molecule has 0 saturated carbocycles. The molecular weight excluding hydrogens is 296 g/mol. The average molecular weight is 306 g/mol. The highest BCUT2D eigenvalue weighted by molar-refractivity contribution is 6.30. The number of aromatic carboxylic acids is 1. The molecular formula is C14H10ClN2O4-. The fourth-order valence-electron chi connectivity index (χ4n) is 1.60. The van der Waals surface area contributed by atoms with Gasteiger partial charge in [-0.1, -0.05) is 23.4 Å². The van der Waals surface area contributed by atoms with Crippen molar-refractivity contribution in [2.45, 2.75) is 0 Å². The summed E-state index contributed by atoms with van der Waals surface area (Å²) in [7, 11) is 0. The van der Waals surface area contributed by atoms with Gasteiger partial charge in [0.1, 0.15) is 0 Å². The zero-order valence-corrected chi connectivity index (χ0v) is 11.3. The Kier molecular flexibility index (Phi) is 4.30. The molecule has 0 spiro atoms. The van der Waals surface area contributed by atoms with Crippen LogP contribution in [0.25, 0.3) is 0 Å². The van der Waals surface area contributed by atoms with Crippen molar-refractivity contribution in [3.63, 3.8) is 0 Å². The second-order valence-corrected chi connectivity index (χ2v) is 4.54. The van der Waals surface area contributed by atoms with Crippen LogP contribution in [0.5, 0.6) is 5.75 Å². The Morgan fingerprint density at radius 2 is 1.57 bits per heavy atom. The van der Waals surface area contributed by atoms with Gasteiger partial charge in [-0.05, 0) is 36.4 Å². The number of hydrogen-bond donors (Lipinski definition) is 3. The molecule has 0 aliphatic carbocycles. The largest absolute Gasteiger partial charge is 0.872 e. The fraction of sp³-hybridized carbons (Fsp3) is 0. The molecule has 2 rings (SSSR count). The lowest BCUT2D eigenvalue weighted by molar-refractivity contribution is -0.268. The van der Waals surface area contributed by atoms with Gasteiger partial charge in [0.05, 0.1) is 5.56 Å². The molecule has 21 heavy (non-hydrogen) atoms. The Labute approximate surface area is 125 Å². The molecule has 6 nitrogen and oxygen atoms in total. The van der Waals surface area contributed by atoms with E-state index in [2.05, 4.69) is 10.6 Å². The lowest BCUT2D eigenvalue weighted by Gasteiger charge is -2.13. The maximum Gasteiger partial charge on any atom is 0.335 e. The first-order chi connectivity index (χ1) is 9.95. The van der Waals surface area contributed by atoms with Crippen LogP contribution in [0.2, 0.25) is 5.02 Å². The standard InChI is InChI=1S/C14H11ClN2O4/c15-8-1-3-9(4-2-8)16-14(21)17-10-5-6-12(18)11(7-10)13(19)20/h1-7,18H,(H,19,20)(H2,16,17,21)/p-1. The highest BCUT2D eigenvalue weighted by Gasteiger charge is 2.07. The molecule has 2 amide bonds. The van der Waals surface area contributed by atoms with Gasteiger partial charge in [-0.2, -0.15) is 0 Å². The number of halogens is 1. The number of amides is 2. The van der Waals surface area contributed by atoms with E-state index in [4.69, 9.17) is 16.7 Å². The van der Waals surface area contributed by atoms with Crippen molar-refractivity contribution in [1.82, 2.24) is 0 Å². The summed E-state index contributed by atoms with van der Waals surface area (Å²) in [6, 6.07) is 9.42. The molecule has 0 bridgehead atoms. The van der Waals surface area contributed by atoms with E-state index >= 15 is 0 Å². The molecule has 0 atom stereocenters. The zero-order chi connectivity index (χ0) is 15.4. The van der Waals surface area contributed by atoms with Crippen LogP contribution in [0, 0.1) is 0 Å². The van der Waals surface area contributed by atoms with E-state index in [0.29, 0.717) is 10.7 Å². The molecule has 2 aromatic rings. The average Bonchev–Trinajstić information content (AvgIpc) is 2.43. The normalized spacial score (nSPS) is 9.95. The van der Waals surface area contributed by atoms with Gasteiger partial charge in [0.2, 0.25) is 0 Å². The Hall–Kier alpha value is -2.73. The summed E-state index contributed by atoms with van der Waals surface area (Å²) >= 11 is 5.73. The van der Waals surface area contributed by atoms with E-state index in [9.17, 15) is 14.7 Å². The van der Waals surface area contributed by atoms with Gasteiger partial charge < -0.3 is 20.8 Å². The lowest BCUT2D eigenvalue weighted by Crippen LogP contribution is -2.19. The smallest absolute Gasteiger partial charge is 0.335 e. The summed E-state index contributed by atoms with van der Waals surface area (Å²) in [6.07, 6.45) is 0. The number of carbonyl (C=O) groups excluding carboxylic acids is 1. The second kappa shape index (κ2) is 6.15. The summed E-state index contributed by atoms with van der Waals surface area (Å²) < 4.78 is 0. The molecule has 0 saturated heterocycles. The van der Waals surface area contributed by atoms with Crippen molar-refractivity contribution in [1.29, 1.82) is 0 Å². The monoisotopic (exact) mass is 305 g/mol. The fourth-order valence-corrected chi connectivity index (χ4v) is 1.73. The first-order valence-electron chi connectivity index (χ1n) is 5.83. The molecule has 2 aromatic carbocycles. The molecule has 7 heteroatoms. The number of nitrogens with one attached hydrogen (secondary N) is 2. The maximum atomic E-state index is 11.8. The van der Waals surface area contributed by atoms with Crippen LogP contribution in [0.3, 0.4) is 0 Å². The van der Waals surface area contributed by atoms with Gasteiger partial charge in [-0.15, -0.1) is 0 Å². The van der Waals surface area contributed by atoms with Crippen molar-refractivity contribution in [2.24, 2.45) is 0 Å². The minimum absolute atomic E-state index is 0.207. The van der Waals surface area contributed by atoms with Gasteiger partial charge in [0.15, 0.2) is 0 Å². The van der Waals surface area contributed by atoms with Gasteiger partial charge in [-0.3, -0.25) is 0 Å². The molecule has 108 valence electrons. The number of carbonyl (C=O) groups is 2. The third kappa shape index (κ3) is 3.87. The number of hydrogen-bond acceptors (Lipinski definition) is 3. The number of carboxylic acid groups (broad SMARTS) is 1. The topological polar surface area (TPSA) is 101 Å². The molecule has 0 fully saturated rings. The quantitative estimate of drug-likeness (QED) is 0.811. The van der Waals surface area contributed by atoms with Crippen LogP contribution in [0.15, 0.2) is 42.5 Å². The van der Waals surface area contributed by atoms with E-state index in [-0.39, 0.29) is 5.69 Å². The van der Waals surface area contributed by atoms with Gasteiger partial charge in [0, 0.05) is 16.4 Å². The van der Waals surface area contributed by atoms with Crippen molar-refractivity contribution in [2.75, 3.05) is 10.6 Å². The molecule has 0 aliphatic rings. The van der Waals surface area contributed by atoms with Gasteiger partial charge in [0.25, 0.3) is 0 Å². The number of urea groups is 1. The van der Waals surface area contributed by atoms with Crippen molar-refractivity contribution in [3.05, 3.63) is 53.1 Å². The summed E-state index contributed by atoms with van der Waals surface area (Å²) in [5, 5.41) is 25.7. The Morgan fingerprint density at radius 1 is 1.00 bits per heavy atom. The summed E-state index contributed by atoms with van der Waals surface area (Å²) in [4.78, 5) is 22.6. The maximum absolute atomic E-state index is 11.8. The first kappa shape index (κ1) is 14.7. The van der Waals surface area contributed by atoms with Crippen LogP contribution in [-0.2, 0) is 0 Å². The van der Waals surface area contributed by atoms with E-state index < -0.39 is 23.3 Å². The van der Waals surface area contributed by atoms with E-state index in [1.54, 1.807) is 24.3 Å². The van der Waals surface area contributed by atoms with Crippen molar-refractivity contribution in [3.8, 4) is 5.75 Å². The second-order valence-electron chi connectivity index (χ2n) is 4.10. The number of benzene rings is 2. The molecule has 0 aromatic heterocycles. The lowest BCUT2D eigenvalue weighted by atomic mass is 10.2. The van der Waals surface area contributed by atoms with Crippen LogP contribution in [-0.4, -0.2) is 17.1 Å². The third-order valence-electron chi connectivity index (χ3n) is 2.57. The Bertz CT molecular complexity index is 686. The van der Waals surface area contributed by atoms with Crippen LogP contribution in [0.1, 0.15) is 10.4 Å². The molecule has 0 radical (unpaired) electrons. The Balaban J connectivity index is 2.07. The van der Waals surface area contributed by atoms with E-state index in [1.165, 1.54) is 6.07 Å². The van der Waals surface area contributed by atoms with Crippen LogP contribution in [0.4, 0.5) is 16.2 Å². The molecule has 0 heterocycles. The highest BCUT2D eigenvalue weighted by Crippen LogP contribution is 2.19.